The molecule has 6 heteroatoms. The Balaban J connectivity index is 2.01. The van der Waals surface area contributed by atoms with Crippen LogP contribution >= 0.6 is 22.6 Å². The summed E-state index contributed by atoms with van der Waals surface area (Å²) in [7, 11) is 1.56. The fourth-order valence-corrected chi connectivity index (χ4v) is 2.46. The lowest BCUT2D eigenvalue weighted by Crippen LogP contribution is -2.29. The summed E-state index contributed by atoms with van der Waals surface area (Å²) in [5.74, 6) is -0.750. The first-order valence-corrected chi connectivity index (χ1v) is 7.60. The minimum absolute atomic E-state index is 0.528. The van der Waals surface area contributed by atoms with Crippen molar-refractivity contribution in [1.82, 2.24) is 0 Å². The Bertz CT molecular complexity index is 699. The van der Waals surface area contributed by atoms with Crippen LogP contribution in [0.5, 0.6) is 5.75 Å². The van der Waals surface area contributed by atoms with Gasteiger partial charge in [0.1, 0.15) is 5.75 Å². The van der Waals surface area contributed by atoms with Gasteiger partial charge in [-0.05, 0) is 77.5 Å². The van der Waals surface area contributed by atoms with E-state index >= 15 is 0 Å². The van der Waals surface area contributed by atoms with Gasteiger partial charge < -0.3 is 15.4 Å². The van der Waals surface area contributed by atoms with Crippen LogP contribution in [0.15, 0.2) is 42.5 Å². The second-order valence-corrected chi connectivity index (χ2v) is 5.84. The average molecular weight is 410 g/mol. The molecule has 22 heavy (non-hydrogen) atoms. The highest BCUT2D eigenvalue weighted by Gasteiger charge is 2.15. The second-order valence-electron chi connectivity index (χ2n) is 4.60. The maximum absolute atomic E-state index is 11.9. The van der Waals surface area contributed by atoms with Crippen LogP contribution in [-0.2, 0) is 9.59 Å². The van der Waals surface area contributed by atoms with Crippen LogP contribution in [-0.4, -0.2) is 18.9 Å². The number of methoxy groups -OCH3 is 1. The normalized spacial score (nSPS) is 9.95. The number of benzene rings is 2. The van der Waals surface area contributed by atoms with Crippen molar-refractivity contribution < 1.29 is 14.3 Å². The highest BCUT2D eigenvalue weighted by Crippen LogP contribution is 2.18. The van der Waals surface area contributed by atoms with E-state index in [1.54, 1.807) is 37.4 Å². The molecule has 0 bridgehead atoms. The Labute approximate surface area is 142 Å². The molecule has 0 aliphatic heterocycles. The van der Waals surface area contributed by atoms with E-state index in [1.165, 1.54) is 0 Å². The van der Waals surface area contributed by atoms with Crippen LogP contribution in [0.3, 0.4) is 0 Å². The van der Waals surface area contributed by atoms with Gasteiger partial charge in [0.05, 0.1) is 7.11 Å². The van der Waals surface area contributed by atoms with Crippen LogP contribution in [0.4, 0.5) is 11.4 Å². The molecule has 0 heterocycles. The fraction of sp³-hybridized carbons (Fsp3) is 0.125. The van der Waals surface area contributed by atoms with Crippen molar-refractivity contribution in [2.45, 2.75) is 6.92 Å². The van der Waals surface area contributed by atoms with Gasteiger partial charge in [0, 0.05) is 14.9 Å². The maximum Gasteiger partial charge on any atom is 0.314 e. The molecule has 0 fully saturated rings. The molecule has 0 unspecified atom stereocenters. The first kappa shape index (κ1) is 16.3. The Kier molecular flexibility index (Phi) is 5.37. The van der Waals surface area contributed by atoms with Crippen molar-refractivity contribution in [3.8, 4) is 5.75 Å². The van der Waals surface area contributed by atoms with Gasteiger partial charge in [-0.25, -0.2) is 0 Å². The van der Waals surface area contributed by atoms with Gasteiger partial charge in [-0.2, -0.15) is 0 Å². The molecule has 2 amide bonds. The van der Waals surface area contributed by atoms with Crippen molar-refractivity contribution in [2.24, 2.45) is 0 Å². The molecule has 0 aliphatic carbocycles. The van der Waals surface area contributed by atoms with Crippen molar-refractivity contribution in [3.05, 3.63) is 51.6 Å². The number of hydrogen-bond acceptors (Lipinski definition) is 3. The molecule has 0 aromatic heterocycles. The summed E-state index contributed by atoms with van der Waals surface area (Å²) in [4.78, 5) is 23.8. The molecule has 114 valence electrons. The smallest absolute Gasteiger partial charge is 0.314 e. The lowest BCUT2D eigenvalue weighted by Gasteiger charge is -2.09. The van der Waals surface area contributed by atoms with E-state index in [0.29, 0.717) is 17.1 Å². The van der Waals surface area contributed by atoms with E-state index in [0.717, 1.165) is 9.13 Å². The van der Waals surface area contributed by atoms with Gasteiger partial charge >= 0.3 is 11.8 Å². The first-order valence-electron chi connectivity index (χ1n) is 6.52. The van der Waals surface area contributed by atoms with Crippen LogP contribution in [0.25, 0.3) is 0 Å². The van der Waals surface area contributed by atoms with Crippen LogP contribution in [0.1, 0.15) is 5.56 Å². The number of rotatable bonds is 3. The average Bonchev–Trinajstić information content (AvgIpc) is 2.50. The van der Waals surface area contributed by atoms with Crippen molar-refractivity contribution in [1.29, 1.82) is 0 Å². The highest BCUT2D eigenvalue weighted by molar-refractivity contribution is 14.1. The molecule has 2 aromatic rings. The third kappa shape index (κ3) is 4.20. The SMILES string of the molecule is COc1ccc(NC(=O)C(=O)Nc2ccc(I)cc2C)cc1. The number of aryl methyl sites for hydroxylation is 1. The van der Waals surface area contributed by atoms with E-state index in [-0.39, 0.29) is 0 Å². The van der Waals surface area contributed by atoms with Crippen LogP contribution in [0.2, 0.25) is 0 Å². The topological polar surface area (TPSA) is 67.4 Å². The van der Waals surface area contributed by atoms with Crippen molar-refractivity contribution in [2.75, 3.05) is 17.7 Å². The molecule has 0 atom stereocenters. The van der Waals surface area contributed by atoms with Crippen LogP contribution < -0.4 is 15.4 Å². The number of carbonyl (C=O) groups excluding carboxylic acids is 2. The number of hydrogen-bond donors (Lipinski definition) is 2. The summed E-state index contributed by atoms with van der Waals surface area (Å²) in [6.07, 6.45) is 0. The number of halogens is 1. The molecule has 0 aliphatic rings. The third-order valence-electron chi connectivity index (χ3n) is 2.99. The first-order chi connectivity index (χ1) is 10.5. The van der Waals surface area contributed by atoms with Gasteiger partial charge in [0.25, 0.3) is 0 Å². The van der Waals surface area contributed by atoms with Gasteiger partial charge in [-0.1, -0.05) is 0 Å². The van der Waals surface area contributed by atoms with Gasteiger partial charge in [0.15, 0.2) is 0 Å². The minimum atomic E-state index is -0.719. The summed E-state index contributed by atoms with van der Waals surface area (Å²) in [6, 6.07) is 12.3. The lowest BCUT2D eigenvalue weighted by atomic mass is 10.2. The second kappa shape index (κ2) is 7.26. The number of carbonyl (C=O) groups is 2. The van der Waals surface area contributed by atoms with E-state index in [1.807, 2.05) is 19.1 Å². The standard InChI is InChI=1S/C16H15IN2O3/c1-10-9-11(17)3-8-14(10)19-16(21)15(20)18-12-4-6-13(22-2)7-5-12/h3-9H,1-2H3,(H,18,20)(H,19,21). The Morgan fingerprint density at radius 2 is 1.64 bits per heavy atom. The summed E-state index contributed by atoms with van der Waals surface area (Å²) >= 11 is 2.19. The summed E-state index contributed by atoms with van der Waals surface area (Å²) in [5, 5.41) is 5.14. The third-order valence-corrected chi connectivity index (χ3v) is 3.66. The maximum atomic E-state index is 11.9. The predicted molar refractivity (Wildman–Crippen MR) is 94.1 cm³/mol. The van der Waals surface area contributed by atoms with Gasteiger partial charge in [0.2, 0.25) is 0 Å². The molecule has 5 nitrogen and oxygen atoms in total. The predicted octanol–water partition coefficient (Wildman–Crippen LogP) is 3.19. The molecule has 0 saturated heterocycles. The molecule has 0 saturated carbocycles. The number of nitrogens with one attached hydrogen (secondary N) is 2. The summed E-state index contributed by atoms with van der Waals surface area (Å²) in [5.41, 5.74) is 2.05. The van der Waals surface area contributed by atoms with Crippen LogP contribution in [0, 0.1) is 10.5 Å². The Hall–Kier alpha value is -2.09. The molecule has 0 spiro atoms. The zero-order valence-electron chi connectivity index (χ0n) is 12.1. The molecular weight excluding hydrogens is 395 g/mol. The molecule has 2 rings (SSSR count). The van der Waals surface area contributed by atoms with E-state index < -0.39 is 11.8 Å². The Morgan fingerprint density at radius 1 is 1.00 bits per heavy atom. The van der Waals surface area contributed by atoms with Crippen molar-refractivity contribution in [3.63, 3.8) is 0 Å². The van der Waals surface area contributed by atoms with Gasteiger partial charge in [-0.15, -0.1) is 0 Å². The fourth-order valence-electron chi connectivity index (χ4n) is 1.81. The lowest BCUT2D eigenvalue weighted by molar-refractivity contribution is -0.133. The number of ether oxygens (including phenoxy) is 1. The monoisotopic (exact) mass is 410 g/mol. The molecule has 0 radical (unpaired) electrons. The zero-order chi connectivity index (χ0) is 16.1. The van der Waals surface area contributed by atoms with Crippen molar-refractivity contribution >= 4 is 45.8 Å². The van der Waals surface area contributed by atoms with E-state index in [2.05, 4.69) is 33.2 Å². The quantitative estimate of drug-likeness (QED) is 0.604. The van der Waals surface area contributed by atoms with E-state index in [4.69, 9.17) is 4.74 Å². The summed E-state index contributed by atoms with van der Waals surface area (Å²) in [6.45, 7) is 1.87. The molecule has 2 aromatic carbocycles. The highest BCUT2D eigenvalue weighted by atomic mass is 127. The Morgan fingerprint density at radius 3 is 2.23 bits per heavy atom. The molecular formula is C16H15IN2O3. The largest absolute Gasteiger partial charge is 0.497 e. The summed E-state index contributed by atoms with van der Waals surface area (Å²) < 4.78 is 6.10. The van der Waals surface area contributed by atoms with Gasteiger partial charge in [-0.3, -0.25) is 9.59 Å². The van der Waals surface area contributed by atoms with E-state index in [9.17, 15) is 9.59 Å². The number of amides is 2. The molecule has 2 N–H and O–H groups in total. The minimum Gasteiger partial charge on any atom is -0.497 e. The zero-order valence-corrected chi connectivity index (χ0v) is 14.3. The number of anilines is 2.